The molecule has 1 fully saturated rings. The van der Waals surface area contributed by atoms with Gasteiger partial charge in [0, 0.05) is 18.1 Å². The Morgan fingerprint density at radius 3 is 2.50 bits per heavy atom. The van der Waals surface area contributed by atoms with Gasteiger partial charge in [0.15, 0.2) is 0 Å². The van der Waals surface area contributed by atoms with Gasteiger partial charge in [-0.3, -0.25) is 0 Å². The summed E-state index contributed by atoms with van der Waals surface area (Å²) in [4.78, 5) is 0. The molecule has 3 N–H and O–H groups in total. The van der Waals surface area contributed by atoms with Crippen molar-refractivity contribution in [3.05, 3.63) is 12.7 Å². The lowest BCUT2D eigenvalue weighted by Crippen LogP contribution is -2.40. The zero-order valence-electron chi connectivity index (χ0n) is 7.92. The van der Waals surface area contributed by atoms with Gasteiger partial charge in [-0.25, -0.2) is 0 Å². The van der Waals surface area contributed by atoms with E-state index in [1.807, 2.05) is 6.08 Å². The Hall–Kier alpha value is -0.340. The van der Waals surface area contributed by atoms with Crippen LogP contribution in [0.2, 0.25) is 0 Å². The molecule has 1 atom stereocenters. The maximum atomic E-state index is 5.81. The second-order valence-corrected chi connectivity index (χ2v) is 3.80. The van der Waals surface area contributed by atoms with Crippen LogP contribution in [-0.2, 0) is 0 Å². The Balaban J connectivity index is 2.21. The molecule has 0 aromatic carbocycles. The van der Waals surface area contributed by atoms with Crippen LogP contribution in [0, 0.1) is 0 Å². The highest BCUT2D eigenvalue weighted by atomic mass is 14.9. The lowest BCUT2D eigenvalue weighted by molar-refractivity contribution is 0.334. The van der Waals surface area contributed by atoms with Gasteiger partial charge in [0.05, 0.1) is 0 Å². The molecule has 1 saturated carbocycles. The van der Waals surface area contributed by atoms with Gasteiger partial charge in [-0.1, -0.05) is 6.08 Å². The lowest BCUT2D eigenvalue weighted by Gasteiger charge is -2.28. The van der Waals surface area contributed by atoms with Crippen molar-refractivity contribution >= 4 is 0 Å². The van der Waals surface area contributed by atoms with Crippen molar-refractivity contribution in [2.75, 3.05) is 0 Å². The van der Waals surface area contributed by atoms with Gasteiger partial charge >= 0.3 is 0 Å². The fraction of sp³-hybridized carbons (Fsp3) is 0.800. The van der Waals surface area contributed by atoms with Crippen LogP contribution in [0.5, 0.6) is 0 Å². The Bertz CT molecular complexity index is 137. The van der Waals surface area contributed by atoms with Gasteiger partial charge in [-0.2, -0.15) is 0 Å². The average Bonchev–Trinajstić information content (AvgIpc) is 2.09. The maximum absolute atomic E-state index is 5.81. The standard InChI is InChI=1S/C10H20N2/c1-3-8(2)12-10-6-4-9(11)5-7-10/h3,8-10,12H,1,4-7,11H2,2H3. The van der Waals surface area contributed by atoms with Crippen LogP contribution in [0.3, 0.4) is 0 Å². The van der Waals surface area contributed by atoms with E-state index in [1.54, 1.807) is 0 Å². The van der Waals surface area contributed by atoms with Crippen LogP contribution in [0.25, 0.3) is 0 Å². The highest BCUT2D eigenvalue weighted by Gasteiger charge is 2.18. The van der Waals surface area contributed by atoms with Crippen LogP contribution in [-0.4, -0.2) is 18.1 Å². The molecule has 0 aliphatic heterocycles. The van der Waals surface area contributed by atoms with Gasteiger partial charge in [0.2, 0.25) is 0 Å². The van der Waals surface area contributed by atoms with E-state index in [0.29, 0.717) is 18.1 Å². The second kappa shape index (κ2) is 4.63. The fourth-order valence-corrected chi connectivity index (χ4v) is 1.73. The molecule has 70 valence electrons. The second-order valence-electron chi connectivity index (χ2n) is 3.80. The van der Waals surface area contributed by atoms with Crippen molar-refractivity contribution in [2.24, 2.45) is 5.73 Å². The van der Waals surface area contributed by atoms with Gasteiger partial charge < -0.3 is 11.1 Å². The molecule has 2 heteroatoms. The van der Waals surface area contributed by atoms with E-state index < -0.39 is 0 Å². The summed E-state index contributed by atoms with van der Waals surface area (Å²) in [7, 11) is 0. The van der Waals surface area contributed by atoms with E-state index in [0.717, 1.165) is 0 Å². The molecule has 0 heterocycles. The molecular weight excluding hydrogens is 148 g/mol. The summed E-state index contributed by atoms with van der Waals surface area (Å²) in [6.07, 6.45) is 6.73. The highest BCUT2D eigenvalue weighted by Crippen LogP contribution is 2.17. The molecule has 0 radical (unpaired) electrons. The maximum Gasteiger partial charge on any atom is 0.0221 e. The highest BCUT2D eigenvalue weighted by molar-refractivity contribution is 4.87. The number of nitrogens with two attached hydrogens (primary N) is 1. The summed E-state index contributed by atoms with van der Waals surface area (Å²) in [6.45, 7) is 5.89. The van der Waals surface area contributed by atoms with Crippen LogP contribution in [0.4, 0.5) is 0 Å². The molecule has 0 aromatic heterocycles. The third-order valence-corrected chi connectivity index (χ3v) is 2.62. The average molecular weight is 168 g/mol. The lowest BCUT2D eigenvalue weighted by atomic mass is 9.91. The molecule has 2 nitrogen and oxygen atoms in total. The monoisotopic (exact) mass is 168 g/mol. The van der Waals surface area contributed by atoms with Crippen molar-refractivity contribution in [1.29, 1.82) is 0 Å². The minimum Gasteiger partial charge on any atom is -0.328 e. The Labute approximate surface area is 75.2 Å². The summed E-state index contributed by atoms with van der Waals surface area (Å²) < 4.78 is 0. The van der Waals surface area contributed by atoms with Crippen LogP contribution in [0.1, 0.15) is 32.6 Å². The first kappa shape index (κ1) is 9.75. The van der Waals surface area contributed by atoms with E-state index in [2.05, 4.69) is 18.8 Å². The SMILES string of the molecule is C=CC(C)NC1CCC(N)CC1. The summed E-state index contributed by atoms with van der Waals surface area (Å²) >= 11 is 0. The normalized spacial score (nSPS) is 32.8. The van der Waals surface area contributed by atoms with Crippen molar-refractivity contribution in [3.8, 4) is 0 Å². The zero-order chi connectivity index (χ0) is 8.97. The predicted octanol–water partition coefficient (Wildman–Crippen LogP) is 1.42. The van der Waals surface area contributed by atoms with Crippen LogP contribution >= 0.6 is 0 Å². The summed E-state index contributed by atoms with van der Waals surface area (Å²) in [5.74, 6) is 0. The van der Waals surface area contributed by atoms with Gasteiger partial charge in [0.1, 0.15) is 0 Å². The van der Waals surface area contributed by atoms with E-state index >= 15 is 0 Å². The van der Waals surface area contributed by atoms with E-state index in [-0.39, 0.29) is 0 Å². The minimum absolute atomic E-state index is 0.435. The number of hydrogen-bond acceptors (Lipinski definition) is 2. The zero-order valence-corrected chi connectivity index (χ0v) is 7.92. The van der Waals surface area contributed by atoms with Gasteiger partial charge in [0.25, 0.3) is 0 Å². The molecule has 0 spiro atoms. The minimum atomic E-state index is 0.435. The molecular formula is C10H20N2. The number of nitrogens with one attached hydrogen (secondary N) is 1. The van der Waals surface area contributed by atoms with E-state index in [9.17, 15) is 0 Å². The summed E-state index contributed by atoms with van der Waals surface area (Å²) in [6, 6.07) is 1.55. The Kier molecular flexibility index (Phi) is 3.76. The first-order valence-electron chi connectivity index (χ1n) is 4.86. The van der Waals surface area contributed by atoms with Crippen LogP contribution < -0.4 is 11.1 Å². The van der Waals surface area contributed by atoms with Crippen molar-refractivity contribution < 1.29 is 0 Å². The third kappa shape index (κ3) is 2.95. The largest absolute Gasteiger partial charge is 0.328 e. The fourth-order valence-electron chi connectivity index (χ4n) is 1.73. The Morgan fingerprint density at radius 2 is 2.00 bits per heavy atom. The molecule has 1 aliphatic carbocycles. The molecule has 1 unspecified atom stereocenters. The predicted molar refractivity (Wildman–Crippen MR) is 53.0 cm³/mol. The van der Waals surface area contributed by atoms with Crippen molar-refractivity contribution in [1.82, 2.24) is 5.32 Å². The first-order valence-corrected chi connectivity index (χ1v) is 4.86. The number of rotatable bonds is 3. The molecule has 0 amide bonds. The Morgan fingerprint density at radius 1 is 1.42 bits per heavy atom. The van der Waals surface area contributed by atoms with Crippen molar-refractivity contribution in [2.45, 2.75) is 50.7 Å². The van der Waals surface area contributed by atoms with Crippen molar-refractivity contribution in [3.63, 3.8) is 0 Å². The van der Waals surface area contributed by atoms with E-state index in [1.165, 1.54) is 25.7 Å². The summed E-state index contributed by atoms with van der Waals surface area (Å²) in [5, 5.41) is 3.52. The molecule has 12 heavy (non-hydrogen) atoms. The third-order valence-electron chi connectivity index (χ3n) is 2.62. The molecule has 0 bridgehead atoms. The quantitative estimate of drug-likeness (QED) is 0.625. The molecule has 0 saturated heterocycles. The summed E-state index contributed by atoms with van der Waals surface area (Å²) in [5.41, 5.74) is 5.81. The van der Waals surface area contributed by atoms with Gasteiger partial charge in [-0.05, 0) is 32.6 Å². The van der Waals surface area contributed by atoms with E-state index in [4.69, 9.17) is 5.73 Å². The number of hydrogen-bond donors (Lipinski definition) is 2. The first-order chi connectivity index (χ1) is 5.72. The molecule has 1 rings (SSSR count). The van der Waals surface area contributed by atoms with Crippen LogP contribution in [0.15, 0.2) is 12.7 Å². The smallest absolute Gasteiger partial charge is 0.0221 e. The van der Waals surface area contributed by atoms with Gasteiger partial charge in [-0.15, -0.1) is 6.58 Å². The topological polar surface area (TPSA) is 38.0 Å². The molecule has 0 aromatic rings. The molecule has 1 aliphatic rings.